The molecule has 0 saturated carbocycles. The number of hydrogen-bond acceptors (Lipinski definition) is 2. The van der Waals surface area contributed by atoms with E-state index in [-0.39, 0.29) is 12.3 Å². The molecule has 4 N–H and O–H groups in total. The molecule has 2 aromatic rings. The molecule has 0 fully saturated rings. The van der Waals surface area contributed by atoms with E-state index < -0.39 is 17.9 Å². The number of amides is 3. The van der Waals surface area contributed by atoms with Crippen LogP contribution in [0.5, 0.6) is 0 Å². The fourth-order valence-corrected chi connectivity index (χ4v) is 2.45. The smallest absolute Gasteiger partial charge is 0.312 e. The highest BCUT2D eigenvalue weighted by Gasteiger charge is 2.18. The zero-order chi connectivity index (χ0) is 17.7. The molecular formula is C17H17BrFN3O2. The lowest BCUT2D eigenvalue weighted by Gasteiger charge is -2.18. The summed E-state index contributed by atoms with van der Waals surface area (Å²) in [6.45, 7) is 1.64. The van der Waals surface area contributed by atoms with E-state index in [9.17, 15) is 14.0 Å². The Morgan fingerprint density at radius 2 is 1.88 bits per heavy atom. The number of primary amides is 1. The van der Waals surface area contributed by atoms with Crippen LogP contribution >= 0.6 is 15.9 Å². The maximum atomic E-state index is 13.5. The van der Waals surface area contributed by atoms with E-state index in [2.05, 4.69) is 26.6 Å². The third kappa shape index (κ3) is 5.06. The third-order valence-corrected chi connectivity index (χ3v) is 3.96. The molecule has 126 valence electrons. The van der Waals surface area contributed by atoms with Crippen LogP contribution in [0.2, 0.25) is 0 Å². The highest BCUT2D eigenvalue weighted by molar-refractivity contribution is 9.10. The number of urea groups is 1. The van der Waals surface area contributed by atoms with Gasteiger partial charge in [-0.1, -0.05) is 34.1 Å². The first kappa shape index (κ1) is 17.9. The van der Waals surface area contributed by atoms with Gasteiger partial charge in [-0.05, 0) is 42.3 Å². The molecule has 0 aliphatic heterocycles. The van der Waals surface area contributed by atoms with Crippen LogP contribution in [0.25, 0.3) is 0 Å². The van der Waals surface area contributed by atoms with Crippen molar-refractivity contribution in [1.82, 2.24) is 5.32 Å². The van der Waals surface area contributed by atoms with Gasteiger partial charge in [-0.25, -0.2) is 9.18 Å². The Labute approximate surface area is 147 Å². The molecule has 0 radical (unpaired) electrons. The van der Waals surface area contributed by atoms with Gasteiger partial charge >= 0.3 is 6.03 Å². The van der Waals surface area contributed by atoms with Crippen molar-refractivity contribution in [2.45, 2.75) is 19.4 Å². The van der Waals surface area contributed by atoms with E-state index in [1.165, 1.54) is 6.07 Å². The van der Waals surface area contributed by atoms with E-state index in [4.69, 9.17) is 5.73 Å². The minimum Gasteiger partial charge on any atom is -0.352 e. The minimum absolute atomic E-state index is 0.0277. The van der Waals surface area contributed by atoms with Gasteiger partial charge in [0, 0.05) is 10.2 Å². The maximum Gasteiger partial charge on any atom is 0.312 e. The number of rotatable bonds is 5. The largest absolute Gasteiger partial charge is 0.352 e. The molecule has 0 unspecified atom stereocenters. The lowest BCUT2D eigenvalue weighted by molar-refractivity contribution is -0.116. The van der Waals surface area contributed by atoms with Crippen molar-refractivity contribution >= 4 is 33.6 Å². The molecule has 3 amide bonds. The van der Waals surface area contributed by atoms with Gasteiger partial charge in [0.05, 0.1) is 12.5 Å². The van der Waals surface area contributed by atoms with Crippen LogP contribution in [-0.2, 0) is 4.79 Å². The van der Waals surface area contributed by atoms with Gasteiger partial charge in [0.25, 0.3) is 0 Å². The molecule has 0 aromatic heterocycles. The number of carbonyl (C=O) groups excluding carboxylic acids is 2. The molecule has 0 heterocycles. The second kappa shape index (κ2) is 7.92. The Bertz CT molecular complexity index is 750. The second-order valence-electron chi connectivity index (χ2n) is 5.33. The van der Waals surface area contributed by atoms with E-state index in [0.717, 1.165) is 10.0 Å². The summed E-state index contributed by atoms with van der Waals surface area (Å²) in [5.74, 6) is -0.757. The number of nitrogens with two attached hydrogens (primary N) is 1. The van der Waals surface area contributed by atoms with Crippen LogP contribution in [-0.4, -0.2) is 11.9 Å². The van der Waals surface area contributed by atoms with E-state index in [1.54, 1.807) is 43.3 Å². The fourth-order valence-electron chi connectivity index (χ4n) is 2.19. The number of nitrogens with one attached hydrogen (secondary N) is 2. The predicted molar refractivity (Wildman–Crippen MR) is 94.0 cm³/mol. The van der Waals surface area contributed by atoms with Gasteiger partial charge in [0.15, 0.2) is 0 Å². The molecule has 5 nitrogen and oxygen atoms in total. The minimum atomic E-state index is -0.725. The van der Waals surface area contributed by atoms with Crippen molar-refractivity contribution in [3.8, 4) is 0 Å². The summed E-state index contributed by atoms with van der Waals surface area (Å²) in [6.07, 6.45) is -0.0277. The molecule has 0 aliphatic carbocycles. The van der Waals surface area contributed by atoms with Crippen LogP contribution in [0, 0.1) is 12.7 Å². The van der Waals surface area contributed by atoms with Crippen LogP contribution in [0.4, 0.5) is 14.9 Å². The summed E-state index contributed by atoms with van der Waals surface area (Å²) in [5, 5.41) is 5.16. The van der Waals surface area contributed by atoms with Crippen molar-refractivity contribution in [1.29, 1.82) is 0 Å². The summed E-state index contributed by atoms with van der Waals surface area (Å²) >= 11 is 3.33. The first-order valence-electron chi connectivity index (χ1n) is 7.22. The zero-order valence-electron chi connectivity index (χ0n) is 13.0. The predicted octanol–water partition coefficient (Wildman–Crippen LogP) is 3.63. The number of anilines is 1. The number of aryl methyl sites for hydroxylation is 1. The molecule has 2 rings (SSSR count). The number of halogens is 2. The molecule has 2 aromatic carbocycles. The van der Waals surface area contributed by atoms with Crippen LogP contribution in [0.15, 0.2) is 46.9 Å². The molecule has 0 bridgehead atoms. The second-order valence-corrected chi connectivity index (χ2v) is 6.24. The lowest BCUT2D eigenvalue weighted by atomic mass is 10.0. The van der Waals surface area contributed by atoms with Crippen molar-refractivity contribution in [3.63, 3.8) is 0 Å². The summed E-state index contributed by atoms with van der Waals surface area (Å²) < 4.78 is 14.4. The van der Waals surface area contributed by atoms with Gasteiger partial charge in [0.2, 0.25) is 5.91 Å². The van der Waals surface area contributed by atoms with Crippen molar-refractivity contribution in [2.24, 2.45) is 5.73 Å². The van der Waals surface area contributed by atoms with Gasteiger partial charge in [-0.2, -0.15) is 0 Å². The summed E-state index contributed by atoms with van der Waals surface area (Å²) in [7, 11) is 0. The van der Waals surface area contributed by atoms with Gasteiger partial charge in [-0.3, -0.25) is 4.79 Å². The monoisotopic (exact) mass is 393 g/mol. The maximum absolute atomic E-state index is 13.5. The first-order valence-corrected chi connectivity index (χ1v) is 8.02. The summed E-state index contributed by atoms with van der Waals surface area (Å²) in [5.41, 5.74) is 6.78. The Hall–Kier alpha value is -2.41. The lowest BCUT2D eigenvalue weighted by Crippen LogP contribution is -2.35. The quantitative estimate of drug-likeness (QED) is 0.724. The SMILES string of the molecule is Cc1ccc(NC(=O)C[C@@H](NC(N)=O)c2ccc(Br)cc2)cc1F. The van der Waals surface area contributed by atoms with Crippen molar-refractivity contribution < 1.29 is 14.0 Å². The van der Waals surface area contributed by atoms with Crippen LogP contribution < -0.4 is 16.4 Å². The van der Waals surface area contributed by atoms with E-state index >= 15 is 0 Å². The fraction of sp³-hybridized carbons (Fsp3) is 0.176. The Morgan fingerprint density at radius 3 is 2.46 bits per heavy atom. The van der Waals surface area contributed by atoms with Gasteiger partial charge in [0.1, 0.15) is 5.82 Å². The van der Waals surface area contributed by atoms with Crippen molar-refractivity contribution in [2.75, 3.05) is 5.32 Å². The highest BCUT2D eigenvalue weighted by atomic mass is 79.9. The topological polar surface area (TPSA) is 84.2 Å². The third-order valence-electron chi connectivity index (χ3n) is 3.43. The standard InChI is InChI=1S/C17H17BrFN3O2/c1-10-2-7-13(8-14(10)19)21-16(23)9-15(22-17(20)24)11-3-5-12(18)6-4-11/h2-8,15H,9H2,1H3,(H,21,23)(H3,20,22,24)/t15-/m1/s1. The van der Waals surface area contributed by atoms with E-state index in [1.807, 2.05) is 0 Å². The molecule has 0 saturated heterocycles. The molecule has 7 heteroatoms. The van der Waals surface area contributed by atoms with Gasteiger partial charge in [-0.15, -0.1) is 0 Å². The zero-order valence-corrected chi connectivity index (χ0v) is 14.6. The summed E-state index contributed by atoms with van der Waals surface area (Å²) in [6, 6.07) is 10.3. The Balaban J connectivity index is 2.10. The molecule has 1 atom stereocenters. The molecule has 0 spiro atoms. The number of benzene rings is 2. The van der Waals surface area contributed by atoms with Gasteiger partial charge < -0.3 is 16.4 Å². The Morgan fingerprint density at radius 1 is 1.21 bits per heavy atom. The first-order chi connectivity index (χ1) is 11.3. The average Bonchev–Trinajstić information content (AvgIpc) is 2.50. The average molecular weight is 394 g/mol. The highest BCUT2D eigenvalue weighted by Crippen LogP contribution is 2.21. The van der Waals surface area contributed by atoms with Crippen LogP contribution in [0.3, 0.4) is 0 Å². The number of carbonyl (C=O) groups is 2. The van der Waals surface area contributed by atoms with Crippen molar-refractivity contribution in [3.05, 3.63) is 63.9 Å². The molecule has 0 aliphatic rings. The summed E-state index contributed by atoms with van der Waals surface area (Å²) in [4.78, 5) is 23.4. The number of hydrogen-bond donors (Lipinski definition) is 3. The Kier molecular flexibility index (Phi) is 5.92. The normalized spacial score (nSPS) is 11.6. The molecular weight excluding hydrogens is 377 g/mol. The molecule has 24 heavy (non-hydrogen) atoms. The van der Waals surface area contributed by atoms with E-state index in [0.29, 0.717) is 11.3 Å². The van der Waals surface area contributed by atoms with Crippen LogP contribution in [0.1, 0.15) is 23.6 Å².